The highest BCUT2D eigenvalue weighted by Crippen LogP contribution is 2.02. The zero-order valence-corrected chi connectivity index (χ0v) is 4.40. The van der Waals surface area contributed by atoms with Crippen LogP contribution in [0.4, 0.5) is 5.13 Å². The molecule has 0 radical (unpaired) electrons. The molecule has 0 amide bonds. The van der Waals surface area contributed by atoms with E-state index in [9.17, 15) is 0 Å². The van der Waals surface area contributed by atoms with E-state index < -0.39 is 0 Å². The van der Waals surface area contributed by atoms with Crippen LogP contribution in [0, 0.1) is 0 Å². The molecule has 1 aromatic heterocycles. The fraction of sp³-hybridized carbons (Fsp3) is 0. The van der Waals surface area contributed by atoms with E-state index in [4.69, 9.17) is 5.73 Å². The summed E-state index contributed by atoms with van der Waals surface area (Å²) in [5.41, 5.74) is 5.19. The van der Waals surface area contributed by atoms with Crippen molar-refractivity contribution in [2.24, 2.45) is 0 Å². The molecule has 4 N–H and O–H groups in total. The molecular weight excluding hydrogens is 112 g/mol. The Balaban J connectivity index is 0.000000360. The number of nitrogen functional groups attached to an aromatic ring is 1. The number of aromatic nitrogens is 1. The first-order chi connectivity index (χ1) is 2.89. The molecule has 0 saturated carbocycles. The maximum absolute atomic E-state index is 5.19. The monoisotopic (exact) mass is 118 g/mol. The van der Waals surface area contributed by atoms with Gasteiger partial charge in [-0.2, -0.15) is 0 Å². The van der Waals surface area contributed by atoms with Crippen LogP contribution in [0.25, 0.3) is 0 Å². The maximum atomic E-state index is 5.19. The second-order valence-electron chi connectivity index (χ2n) is 0.870. The van der Waals surface area contributed by atoms with Crippen molar-refractivity contribution < 1.29 is 5.48 Å². The van der Waals surface area contributed by atoms with E-state index in [1.165, 1.54) is 11.3 Å². The fourth-order valence-corrected chi connectivity index (χ4v) is 0.617. The molecule has 0 aliphatic heterocycles. The van der Waals surface area contributed by atoms with E-state index in [1.54, 1.807) is 6.20 Å². The number of rotatable bonds is 0. The minimum absolute atomic E-state index is 0. The molecule has 0 bridgehead atoms. The Bertz CT molecular complexity index is 116. The van der Waals surface area contributed by atoms with Crippen molar-refractivity contribution in [3.8, 4) is 0 Å². The lowest BCUT2D eigenvalue weighted by atomic mass is 11.0. The number of hydrogen-bond acceptors (Lipinski definition) is 3. The van der Waals surface area contributed by atoms with Gasteiger partial charge in [0.05, 0.1) is 0 Å². The lowest BCUT2D eigenvalue weighted by Gasteiger charge is -1.67. The Morgan fingerprint density at radius 1 is 1.71 bits per heavy atom. The Morgan fingerprint density at radius 3 is 2.57 bits per heavy atom. The van der Waals surface area contributed by atoms with Crippen LogP contribution in [0.15, 0.2) is 11.6 Å². The summed E-state index contributed by atoms with van der Waals surface area (Å²) in [6, 6.07) is 0. The minimum Gasteiger partial charge on any atom is -0.412 e. The highest BCUT2D eigenvalue weighted by molar-refractivity contribution is 7.13. The van der Waals surface area contributed by atoms with E-state index >= 15 is 0 Å². The zero-order valence-electron chi connectivity index (χ0n) is 3.59. The van der Waals surface area contributed by atoms with E-state index in [1.807, 2.05) is 5.38 Å². The molecule has 1 aromatic rings. The van der Waals surface area contributed by atoms with Gasteiger partial charge in [-0.15, -0.1) is 11.3 Å². The summed E-state index contributed by atoms with van der Waals surface area (Å²) in [5.74, 6) is 0. The molecule has 4 heteroatoms. The topological polar surface area (TPSA) is 70.4 Å². The molecule has 0 unspecified atom stereocenters. The third kappa shape index (κ3) is 1.52. The smallest absolute Gasteiger partial charge is 0.179 e. The molecule has 0 spiro atoms. The maximum Gasteiger partial charge on any atom is 0.179 e. The number of nitrogens with zero attached hydrogens (tertiary/aromatic N) is 1. The van der Waals surface area contributed by atoms with Crippen molar-refractivity contribution in [1.82, 2.24) is 4.98 Å². The van der Waals surface area contributed by atoms with Gasteiger partial charge in [-0.25, -0.2) is 4.98 Å². The second kappa shape index (κ2) is 2.54. The average molecular weight is 118 g/mol. The lowest BCUT2D eigenvalue weighted by Crippen LogP contribution is -1.77. The molecule has 7 heavy (non-hydrogen) atoms. The molecule has 0 atom stereocenters. The van der Waals surface area contributed by atoms with Crippen LogP contribution in [0.1, 0.15) is 0 Å². The van der Waals surface area contributed by atoms with Crippen molar-refractivity contribution in [3.05, 3.63) is 11.6 Å². The molecule has 0 aliphatic rings. The van der Waals surface area contributed by atoms with Gasteiger partial charge in [0.2, 0.25) is 0 Å². The van der Waals surface area contributed by atoms with Gasteiger partial charge in [-0.3, -0.25) is 0 Å². The van der Waals surface area contributed by atoms with Crippen LogP contribution in [-0.4, -0.2) is 10.5 Å². The van der Waals surface area contributed by atoms with Crippen molar-refractivity contribution in [1.29, 1.82) is 0 Å². The Kier molecular flexibility index (Phi) is 2.32. The van der Waals surface area contributed by atoms with Gasteiger partial charge in [0.25, 0.3) is 0 Å². The molecule has 0 aromatic carbocycles. The van der Waals surface area contributed by atoms with Gasteiger partial charge in [-0.1, -0.05) is 0 Å². The third-order valence-corrected chi connectivity index (χ3v) is 1.06. The Hall–Kier alpha value is -0.610. The van der Waals surface area contributed by atoms with Crippen molar-refractivity contribution in [2.75, 3.05) is 5.73 Å². The molecule has 0 saturated heterocycles. The number of anilines is 1. The predicted molar refractivity (Wildman–Crippen MR) is 30.1 cm³/mol. The molecule has 1 heterocycles. The summed E-state index contributed by atoms with van der Waals surface area (Å²) in [6.45, 7) is 0. The second-order valence-corrected chi connectivity index (χ2v) is 1.80. The highest BCUT2D eigenvalue weighted by atomic mass is 32.1. The molecule has 1 rings (SSSR count). The lowest BCUT2D eigenvalue weighted by molar-refractivity contribution is 0.824. The predicted octanol–water partition coefficient (Wildman–Crippen LogP) is -0.0994. The first-order valence-electron chi connectivity index (χ1n) is 1.54. The number of nitrogens with two attached hydrogens (primary N) is 1. The van der Waals surface area contributed by atoms with Gasteiger partial charge in [0.15, 0.2) is 5.13 Å². The molecule has 0 aliphatic carbocycles. The first kappa shape index (κ1) is 6.39. The first-order valence-corrected chi connectivity index (χ1v) is 2.42. The van der Waals surface area contributed by atoms with Crippen molar-refractivity contribution >= 4 is 16.5 Å². The van der Waals surface area contributed by atoms with Crippen LogP contribution < -0.4 is 5.73 Å². The molecule has 0 fully saturated rings. The summed E-state index contributed by atoms with van der Waals surface area (Å²) in [4.78, 5) is 3.71. The minimum atomic E-state index is 0. The standard InChI is InChI=1S/C3H4N2S.H2O/c4-3-5-1-2-6-3;/h1-2H,(H2,4,5);1H2. The van der Waals surface area contributed by atoms with Crippen LogP contribution in [0.3, 0.4) is 0 Å². The zero-order chi connectivity index (χ0) is 4.41. The van der Waals surface area contributed by atoms with Crippen LogP contribution >= 0.6 is 11.3 Å². The highest BCUT2D eigenvalue weighted by Gasteiger charge is 1.76. The summed E-state index contributed by atoms with van der Waals surface area (Å²) in [7, 11) is 0. The van der Waals surface area contributed by atoms with Crippen LogP contribution in [0.5, 0.6) is 0 Å². The van der Waals surface area contributed by atoms with Crippen LogP contribution in [0.2, 0.25) is 0 Å². The summed E-state index contributed by atoms with van der Waals surface area (Å²) in [6.07, 6.45) is 1.68. The van der Waals surface area contributed by atoms with E-state index in [-0.39, 0.29) is 5.48 Å². The number of hydrogen-bond donors (Lipinski definition) is 1. The van der Waals surface area contributed by atoms with E-state index in [0.717, 1.165) is 0 Å². The summed E-state index contributed by atoms with van der Waals surface area (Å²) >= 11 is 1.44. The van der Waals surface area contributed by atoms with Gasteiger partial charge in [-0.05, 0) is 0 Å². The quantitative estimate of drug-likeness (QED) is 0.516. The van der Waals surface area contributed by atoms with Gasteiger partial charge in [0, 0.05) is 11.6 Å². The fourth-order valence-electron chi connectivity index (χ4n) is 0.234. The van der Waals surface area contributed by atoms with Crippen molar-refractivity contribution in [3.63, 3.8) is 0 Å². The average Bonchev–Trinajstić information content (AvgIpc) is 1.86. The Labute approximate surface area is 45.1 Å². The van der Waals surface area contributed by atoms with Gasteiger partial charge in [0.1, 0.15) is 0 Å². The summed E-state index contributed by atoms with van der Waals surface area (Å²) < 4.78 is 0. The SMILES string of the molecule is Nc1nccs1.O. The van der Waals surface area contributed by atoms with E-state index in [2.05, 4.69) is 4.98 Å². The van der Waals surface area contributed by atoms with Crippen LogP contribution in [-0.2, 0) is 0 Å². The van der Waals surface area contributed by atoms with Gasteiger partial charge >= 0.3 is 0 Å². The largest absolute Gasteiger partial charge is 0.412 e. The molecule has 3 nitrogen and oxygen atoms in total. The van der Waals surface area contributed by atoms with E-state index in [0.29, 0.717) is 5.13 Å². The Morgan fingerprint density at radius 2 is 2.43 bits per heavy atom. The summed E-state index contributed by atoms with van der Waals surface area (Å²) in [5, 5.41) is 2.48. The number of thiazole rings is 1. The van der Waals surface area contributed by atoms with Crippen molar-refractivity contribution in [2.45, 2.75) is 0 Å². The molecule has 40 valence electrons. The van der Waals surface area contributed by atoms with Gasteiger partial charge < -0.3 is 11.2 Å². The molecular formula is C3H6N2OS. The third-order valence-electron chi connectivity index (χ3n) is 0.451. The normalized spacial score (nSPS) is 7.43.